The topological polar surface area (TPSA) is 83.7 Å². The van der Waals surface area contributed by atoms with E-state index in [0.29, 0.717) is 25.6 Å². The second-order valence-electron chi connectivity index (χ2n) is 7.75. The van der Waals surface area contributed by atoms with Crippen LogP contribution in [0.3, 0.4) is 0 Å². The molecule has 2 aliphatic rings. The van der Waals surface area contributed by atoms with E-state index in [9.17, 15) is 13.2 Å². The van der Waals surface area contributed by atoms with Gasteiger partial charge in [0.2, 0.25) is 15.9 Å². The van der Waals surface area contributed by atoms with Crippen LogP contribution in [0.2, 0.25) is 0 Å². The van der Waals surface area contributed by atoms with Crippen LogP contribution in [0.15, 0.2) is 47.4 Å². The highest BCUT2D eigenvalue weighted by atomic mass is 32.2. The summed E-state index contributed by atoms with van der Waals surface area (Å²) in [4.78, 5) is 17.1. The number of fused-ring (bicyclic) bond motifs is 1. The third-order valence-corrected chi connectivity index (χ3v) is 6.39. The summed E-state index contributed by atoms with van der Waals surface area (Å²) >= 11 is 0. The summed E-state index contributed by atoms with van der Waals surface area (Å²) in [7, 11) is -3.73. The van der Waals surface area contributed by atoms with Gasteiger partial charge in [0.05, 0.1) is 11.4 Å². The molecule has 2 N–H and O–H groups in total. The van der Waals surface area contributed by atoms with E-state index in [0.717, 1.165) is 30.6 Å². The number of carbonyl (C=O) groups excluding carboxylic acids is 1. The number of carbonyl (C=O) groups is 1. The van der Waals surface area contributed by atoms with Crippen molar-refractivity contribution in [1.29, 1.82) is 0 Å². The van der Waals surface area contributed by atoms with Crippen LogP contribution in [0.5, 0.6) is 0 Å². The number of hydrogen-bond donors (Lipinski definition) is 1. The molecular formula is C21H25N3O3S. The minimum atomic E-state index is -3.73. The molecule has 2 aromatic carbocycles. The van der Waals surface area contributed by atoms with Crippen molar-refractivity contribution >= 4 is 21.6 Å². The van der Waals surface area contributed by atoms with Crippen LogP contribution in [-0.4, -0.2) is 38.4 Å². The van der Waals surface area contributed by atoms with E-state index in [2.05, 4.69) is 36.1 Å². The lowest BCUT2D eigenvalue weighted by molar-refractivity contribution is -0.119. The zero-order valence-corrected chi connectivity index (χ0v) is 16.8. The van der Waals surface area contributed by atoms with Gasteiger partial charge in [0.1, 0.15) is 0 Å². The molecule has 148 valence electrons. The van der Waals surface area contributed by atoms with Crippen molar-refractivity contribution in [1.82, 2.24) is 4.90 Å². The molecule has 1 fully saturated rings. The van der Waals surface area contributed by atoms with Gasteiger partial charge >= 0.3 is 0 Å². The largest absolute Gasteiger partial charge is 0.311 e. The molecule has 4 rings (SSSR count). The standard InChI is InChI=1S/C21H25N3O3S/c1-15-2-4-16(5-3-15)13-23(18-6-7-18)14-21(25)24-11-10-17-12-19(28(22,26)27)8-9-20(17)24/h2-5,8-9,12,18H,6-7,10-11,13-14H2,1H3,(H2,22,26,27). The number of nitrogens with zero attached hydrogens (tertiary/aromatic N) is 2. The molecule has 6 nitrogen and oxygen atoms in total. The number of anilines is 1. The van der Waals surface area contributed by atoms with Gasteiger partial charge in [-0.3, -0.25) is 9.69 Å². The lowest BCUT2D eigenvalue weighted by Gasteiger charge is -2.25. The molecule has 0 saturated heterocycles. The average Bonchev–Trinajstić information content (AvgIpc) is 3.40. The molecule has 1 aliphatic carbocycles. The second-order valence-corrected chi connectivity index (χ2v) is 9.31. The van der Waals surface area contributed by atoms with Gasteiger partial charge in [-0.2, -0.15) is 0 Å². The molecule has 0 radical (unpaired) electrons. The lowest BCUT2D eigenvalue weighted by Crippen LogP contribution is -2.40. The van der Waals surface area contributed by atoms with Gasteiger partial charge < -0.3 is 4.90 Å². The van der Waals surface area contributed by atoms with Gasteiger partial charge in [-0.1, -0.05) is 29.8 Å². The van der Waals surface area contributed by atoms with E-state index in [1.807, 2.05) is 0 Å². The Morgan fingerprint density at radius 2 is 1.89 bits per heavy atom. The van der Waals surface area contributed by atoms with Gasteiger partial charge in [-0.15, -0.1) is 0 Å². The summed E-state index contributed by atoms with van der Waals surface area (Å²) in [6.45, 7) is 3.78. The summed E-state index contributed by atoms with van der Waals surface area (Å²) in [5, 5.41) is 5.22. The van der Waals surface area contributed by atoms with E-state index in [4.69, 9.17) is 5.14 Å². The van der Waals surface area contributed by atoms with Crippen LogP contribution < -0.4 is 10.0 Å². The fourth-order valence-electron chi connectivity index (χ4n) is 3.76. The minimum absolute atomic E-state index is 0.0566. The summed E-state index contributed by atoms with van der Waals surface area (Å²) < 4.78 is 23.1. The first-order valence-electron chi connectivity index (χ1n) is 9.57. The number of nitrogens with two attached hydrogens (primary N) is 1. The number of aryl methyl sites for hydroxylation is 1. The van der Waals surface area contributed by atoms with Gasteiger partial charge in [0.15, 0.2) is 0 Å². The van der Waals surface area contributed by atoms with Gasteiger partial charge in [-0.05, 0) is 55.5 Å². The molecule has 1 saturated carbocycles. The number of primary sulfonamides is 1. The Balaban J connectivity index is 1.48. The monoisotopic (exact) mass is 399 g/mol. The van der Waals surface area contributed by atoms with E-state index in [1.165, 1.54) is 17.2 Å². The van der Waals surface area contributed by atoms with Gasteiger partial charge in [-0.25, -0.2) is 13.6 Å². The highest BCUT2D eigenvalue weighted by molar-refractivity contribution is 7.89. The first kappa shape index (κ1) is 19.1. The molecule has 0 spiro atoms. The fourth-order valence-corrected chi connectivity index (χ4v) is 4.32. The Hall–Kier alpha value is -2.22. The van der Waals surface area contributed by atoms with Gasteiger partial charge in [0.25, 0.3) is 0 Å². The molecule has 0 unspecified atom stereocenters. The number of rotatable bonds is 6. The first-order chi connectivity index (χ1) is 13.3. The first-order valence-corrected chi connectivity index (χ1v) is 11.1. The number of amides is 1. The predicted molar refractivity (Wildman–Crippen MR) is 108 cm³/mol. The summed E-state index contributed by atoms with van der Waals surface area (Å²) in [6, 6.07) is 13.7. The fraction of sp³-hybridized carbons (Fsp3) is 0.381. The molecule has 7 heteroatoms. The van der Waals surface area contributed by atoms with E-state index in [-0.39, 0.29) is 10.8 Å². The van der Waals surface area contributed by atoms with Crippen LogP contribution >= 0.6 is 0 Å². The van der Waals surface area contributed by atoms with Crippen molar-refractivity contribution < 1.29 is 13.2 Å². The average molecular weight is 400 g/mol. The van der Waals surface area contributed by atoms with Gasteiger partial charge in [0, 0.05) is 24.8 Å². The molecule has 2 aromatic rings. The van der Waals surface area contributed by atoms with Crippen LogP contribution in [0.1, 0.15) is 29.5 Å². The molecular weight excluding hydrogens is 374 g/mol. The van der Waals surface area contributed by atoms with Crippen molar-refractivity contribution in [3.63, 3.8) is 0 Å². The SMILES string of the molecule is Cc1ccc(CN(CC(=O)N2CCc3cc(S(N)(=O)=O)ccc32)C2CC2)cc1. The van der Waals surface area contributed by atoms with Crippen molar-refractivity contribution in [2.75, 3.05) is 18.0 Å². The number of hydrogen-bond acceptors (Lipinski definition) is 4. The number of sulfonamides is 1. The summed E-state index contributed by atoms with van der Waals surface area (Å²) in [6.07, 6.45) is 2.91. The van der Waals surface area contributed by atoms with Crippen LogP contribution in [0.25, 0.3) is 0 Å². The molecule has 1 aliphatic heterocycles. The molecule has 1 heterocycles. The zero-order valence-electron chi connectivity index (χ0n) is 16.0. The molecule has 0 aromatic heterocycles. The molecule has 1 amide bonds. The number of benzene rings is 2. The highest BCUT2D eigenvalue weighted by Crippen LogP contribution is 2.32. The van der Waals surface area contributed by atoms with E-state index < -0.39 is 10.0 Å². The highest BCUT2D eigenvalue weighted by Gasteiger charge is 2.33. The van der Waals surface area contributed by atoms with Crippen molar-refractivity contribution in [2.24, 2.45) is 5.14 Å². The second kappa shape index (κ2) is 7.31. The van der Waals surface area contributed by atoms with Crippen LogP contribution in [-0.2, 0) is 27.8 Å². The minimum Gasteiger partial charge on any atom is -0.311 e. The maximum absolute atomic E-state index is 13.0. The quantitative estimate of drug-likeness (QED) is 0.807. The third kappa shape index (κ3) is 4.11. The Morgan fingerprint density at radius 1 is 1.18 bits per heavy atom. The molecule has 28 heavy (non-hydrogen) atoms. The predicted octanol–water partition coefficient (Wildman–Crippen LogP) is 2.20. The van der Waals surface area contributed by atoms with Crippen molar-refractivity contribution in [3.8, 4) is 0 Å². The van der Waals surface area contributed by atoms with E-state index in [1.54, 1.807) is 17.0 Å². The third-order valence-electron chi connectivity index (χ3n) is 5.48. The van der Waals surface area contributed by atoms with E-state index >= 15 is 0 Å². The molecule has 0 bridgehead atoms. The smallest absolute Gasteiger partial charge is 0.241 e. The Bertz CT molecular complexity index is 998. The van der Waals surface area contributed by atoms with Crippen molar-refractivity contribution in [3.05, 3.63) is 59.2 Å². The lowest BCUT2D eigenvalue weighted by atomic mass is 10.1. The Labute approximate surface area is 166 Å². The maximum atomic E-state index is 13.0. The van der Waals surface area contributed by atoms with Crippen molar-refractivity contribution in [2.45, 2.75) is 43.7 Å². The summed E-state index contributed by atoms with van der Waals surface area (Å²) in [5.74, 6) is 0.0566. The Morgan fingerprint density at radius 3 is 2.54 bits per heavy atom. The summed E-state index contributed by atoms with van der Waals surface area (Å²) in [5.41, 5.74) is 4.09. The molecule has 0 atom stereocenters. The zero-order chi connectivity index (χ0) is 19.9. The normalized spacial score (nSPS) is 16.5. The van der Waals surface area contributed by atoms with Crippen LogP contribution in [0, 0.1) is 6.92 Å². The Kier molecular flexibility index (Phi) is 4.99. The van der Waals surface area contributed by atoms with Crippen LogP contribution in [0.4, 0.5) is 5.69 Å². The maximum Gasteiger partial charge on any atom is 0.241 e.